The lowest BCUT2D eigenvalue weighted by atomic mass is 9.95. The minimum atomic E-state index is -0.0984. The number of amides is 3. The predicted molar refractivity (Wildman–Crippen MR) is 91.7 cm³/mol. The third-order valence-corrected chi connectivity index (χ3v) is 6.10. The topological polar surface area (TPSA) is 61.4 Å². The fourth-order valence-corrected chi connectivity index (χ4v) is 4.62. The molecule has 2 aliphatic carbocycles. The Morgan fingerprint density at radius 2 is 2.17 bits per heavy atom. The lowest BCUT2D eigenvalue weighted by molar-refractivity contribution is -0.127. The van der Waals surface area contributed by atoms with Gasteiger partial charge in [0.15, 0.2) is 0 Å². The number of hydrogen-bond donors (Lipinski definition) is 2. The highest BCUT2D eigenvalue weighted by Crippen LogP contribution is 2.61. The molecule has 1 aromatic rings. The van der Waals surface area contributed by atoms with Gasteiger partial charge in [-0.25, -0.2) is 4.79 Å². The first-order valence-corrected chi connectivity index (χ1v) is 8.97. The first-order valence-electron chi connectivity index (χ1n) is 8.97. The van der Waals surface area contributed by atoms with Gasteiger partial charge in [-0.1, -0.05) is 24.3 Å². The molecule has 1 spiro atoms. The van der Waals surface area contributed by atoms with E-state index < -0.39 is 0 Å². The number of aryl methyl sites for hydroxylation is 1. The normalized spacial score (nSPS) is 30.3. The van der Waals surface area contributed by atoms with Gasteiger partial charge < -0.3 is 15.5 Å². The molecule has 128 valence electrons. The van der Waals surface area contributed by atoms with Crippen LogP contribution in [0.25, 0.3) is 0 Å². The lowest BCUT2D eigenvalue weighted by Crippen LogP contribution is -2.44. The Morgan fingerprint density at radius 3 is 2.96 bits per heavy atom. The van der Waals surface area contributed by atoms with Crippen molar-refractivity contribution >= 4 is 11.9 Å². The van der Waals surface area contributed by atoms with Crippen LogP contribution < -0.4 is 10.6 Å². The molecule has 1 saturated heterocycles. The maximum Gasteiger partial charge on any atom is 0.315 e. The van der Waals surface area contributed by atoms with Crippen molar-refractivity contribution in [2.75, 3.05) is 19.6 Å². The fourth-order valence-electron chi connectivity index (χ4n) is 4.62. The standard InChI is InChI=1S/C19H25N3O2/c1-13(23)22-9-7-16(12-22)21-18(24)20-11-15-10-19(15)8-6-14-4-2-3-5-17(14)19/h2-5,15-16H,6-12H2,1H3,(H2,20,21,24)/t15-,16+,19-/m1/s1. The van der Waals surface area contributed by atoms with Crippen molar-refractivity contribution in [3.63, 3.8) is 0 Å². The van der Waals surface area contributed by atoms with Crippen molar-refractivity contribution in [1.29, 1.82) is 0 Å². The zero-order chi connectivity index (χ0) is 16.7. The van der Waals surface area contributed by atoms with E-state index >= 15 is 0 Å². The smallest absolute Gasteiger partial charge is 0.315 e. The van der Waals surface area contributed by atoms with Crippen molar-refractivity contribution in [2.45, 2.75) is 44.1 Å². The number of nitrogens with zero attached hydrogens (tertiary/aromatic N) is 1. The molecule has 5 nitrogen and oxygen atoms in total. The highest BCUT2D eigenvalue weighted by Gasteiger charge is 2.57. The van der Waals surface area contributed by atoms with Crippen LogP contribution in [-0.4, -0.2) is 42.5 Å². The number of nitrogens with one attached hydrogen (secondary N) is 2. The second-order valence-electron chi connectivity index (χ2n) is 7.52. The second kappa shape index (κ2) is 5.80. The summed E-state index contributed by atoms with van der Waals surface area (Å²) in [5, 5.41) is 6.05. The van der Waals surface area contributed by atoms with Crippen LogP contribution in [0, 0.1) is 5.92 Å². The van der Waals surface area contributed by atoms with Gasteiger partial charge in [0.05, 0.1) is 0 Å². The van der Waals surface area contributed by atoms with Crippen LogP contribution in [-0.2, 0) is 16.6 Å². The first-order chi connectivity index (χ1) is 11.6. The lowest BCUT2D eigenvalue weighted by Gasteiger charge is -2.16. The highest BCUT2D eigenvalue weighted by atomic mass is 16.2. The summed E-state index contributed by atoms with van der Waals surface area (Å²) in [5.41, 5.74) is 3.31. The van der Waals surface area contributed by atoms with Crippen LogP contribution in [0.2, 0.25) is 0 Å². The van der Waals surface area contributed by atoms with Crippen molar-refractivity contribution in [1.82, 2.24) is 15.5 Å². The van der Waals surface area contributed by atoms with E-state index in [1.54, 1.807) is 11.8 Å². The largest absolute Gasteiger partial charge is 0.341 e. The summed E-state index contributed by atoms with van der Waals surface area (Å²) in [4.78, 5) is 25.3. The van der Waals surface area contributed by atoms with Gasteiger partial charge in [0, 0.05) is 38.0 Å². The Morgan fingerprint density at radius 1 is 1.33 bits per heavy atom. The molecule has 2 N–H and O–H groups in total. The quantitative estimate of drug-likeness (QED) is 0.889. The number of hydrogen-bond acceptors (Lipinski definition) is 2. The third kappa shape index (κ3) is 2.66. The maximum absolute atomic E-state index is 12.1. The van der Waals surface area contributed by atoms with E-state index in [0.717, 1.165) is 19.5 Å². The molecule has 3 amide bonds. The van der Waals surface area contributed by atoms with Crippen LogP contribution in [0.3, 0.4) is 0 Å². The van der Waals surface area contributed by atoms with Crippen molar-refractivity contribution < 1.29 is 9.59 Å². The van der Waals surface area contributed by atoms with Crippen LogP contribution in [0.5, 0.6) is 0 Å². The SMILES string of the molecule is CC(=O)N1CC[C@H](NC(=O)NC[C@H]2C[C@]23CCc2ccccc23)C1. The molecule has 3 aliphatic rings. The van der Waals surface area contributed by atoms with E-state index in [9.17, 15) is 9.59 Å². The second-order valence-corrected chi connectivity index (χ2v) is 7.52. The van der Waals surface area contributed by atoms with Gasteiger partial charge in [0.2, 0.25) is 5.91 Å². The van der Waals surface area contributed by atoms with E-state index in [2.05, 4.69) is 34.9 Å². The number of carbonyl (C=O) groups excluding carboxylic acids is 2. The third-order valence-electron chi connectivity index (χ3n) is 6.10. The number of likely N-dealkylation sites (tertiary alicyclic amines) is 1. The molecular weight excluding hydrogens is 302 g/mol. The van der Waals surface area contributed by atoms with Gasteiger partial charge >= 0.3 is 6.03 Å². The fraction of sp³-hybridized carbons (Fsp3) is 0.579. The Hall–Kier alpha value is -2.04. The molecule has 0 aromatic heterocycles. The zero-order valence-electron chi connectivity index (χ0n) is 14.2. The summed E-state index contributed by atoms with van der Waals surface area (Å²) in [5.74, 6) is 0.642. The van der Waals surface area contributed by atoms with Gasteiger partial charge in [-0.3, -0.25) is 4.79 Å². The van der Waals surface area contributed by atoms with E-state index in [4.69, 9.17) is 0 Å². The minimum absolute atomic E-state index is 0.0780. The van der Waals surface area contributed by atoms with Gasteiger partial charge in [-0.15, -0.1) is 0 Å². The molecular formula is C19H25N3O2. The summed E-state index contributed by atoms with van der Waals surface area (Å²) >= 11 is 0. The molecule has 1 heterocycles. The molecule has 0 radical (unpaired) electrons. The summed E-state index contributed by atoms with van der Waals surface area (Å²) in [7, 11) is 0. The summed E-state index contributed by atoms with van der Waals surface area (Å²) < 4.78 is 0. The molecule has 1 saturated carbocycles. The van der Waals surface area contributed by atoms with Crippen LogP contribution >= 0.6 is 0 Å². The van der Waals surface area contributed by atoms with E-state index in [0.29, 0.717) is 17.9 Å². The monoisotopic (exact) mass is 327 g/mol. The van der Waals surface area contributed by atoms with E-state index in [-0.39, 0.29) is 18.0 Å². The molecule has 24 heavy (non-hydrogen) atoms. The highest BCUT2D eigenvalue weighted by molar-refractivity contribution is 5.75. The van der Waals surface area contributed by atoms with Crippen LogP contribution in [0.4, 0.5) is 4.79 Å². The summed E-state index contributed by atoms with van der Waals surface area (Å²) in [6, 6.07) is 8.72. The van der Waals surface area contributed by atoms with Crippen LogP contribution in [0.1, 0.15) is 37.3 Å². The Bertz CT molecular complexity index is 674. The molecule has 1 aromatic carbocycles. The molecule has 4 rings (SSSR count). The molecule has 1 aliphatic heterocycles. The number of fused-ring (bicyclic) bond motifs is 2. The molecule has 2 fully saturated rings. The van der Waals surface area contributed by atoms with Gasteiger partial charge in [0.25, 0.3) is 0 Å². The molecule has 3 atom stereocenters. The molecule has 5 heteroatoms. The van der Waals surface area contributed by atoms with Crippen molar-refractivity contribution in [3.8, 4) is 0 Å². The average molecular weight is 327 g/mol. The molecule has 0 unspecified atom stereocenters. The molecule has 0 bridgehead atoms. The van der Waals surface area contributed by atoms with Gasteiger partial charge in [0.1, 0.15) is 0 Å². The zero-order valence-corrected chi connectivity index (χ0v) is 14.2. The number of carbonyl (C=O) groups is 2. The van der Waals surface area contributed by atoms with Gasteiger partial charge in [-0.05, 0) is 42.7 Å². The first kappa shape index (κ1) is 15.5. The predicted octanol–water partition coefficient (Wildman–Crippen LogP) is 1.81. The number of benzene rings is 1. The van der Waals surface area contributed by atoms with E-state index in [1.807, 2.05) is 0 Å². The van der Waals surface area contributed by atoms with Gasteiger partial charge in [-0.2, -0.15) is 0 Å². The Balaban J connectivity index is 1.26. The number of urea groups is 1. The van der Waals surface area contributed by atoms with Crippen molar-refractivity contribution in [3.05, 3.63) is 35.4 Å². The number of rotatable bonds is 3. The van der Waals surface area contributed by atoms with Crippen LogP contribution in [0.15, 0.2) is 24.3 Å². The summed E-state index contributed by atoms with van der Waals surface area (Å²) in [6.07, 6.45) is 4.41. The summed E-state index contributed by atoms with van der Waals surface area (Å²) in [6.45, 7) is 3.68. The van der Waals surface area contributed by atoms with E-state index in [1.165, 1.54) is 30.4 Å². The Kier molecular flexibility index (Phi) is 3.74. The maximum atomic E-state index is 12.1. The minimum Gasteiger partial charge on any atom is -0.341 e. The Labute approximate surface area is 142 Å². The average Bonchev–Trinajstić information content (AvgIpc) is 2.90. The van der Waals surface area contributed by atoms with Crippen molar-refractivity contribution in [2.24, 2.45) is 5.92 Å².